The zero-order valence-corrected chi connectivity index (χ0v) is 10.2. The third-order valence-electron chi connectivity index (χ3n) is 2.42. The van der Waals surface area contributed by atoms with E-state index in [1.165, 1.54) is 6.20 Å². The molecule has 1 aromatic heterocycles. The third kappa shape index (κ3) is 2.10. The van der Waals surface area contributed by atoms with Gasteiger partial charge in [-0.2, -0.15) is 10.4 Å². The molecule has 1 heterocycles. The molecular formula is C12H10ClN3O. The van der Waals surface area contributed by atoms with Crippen LogP contribution in [0, 0.1) is 18.3 Å². The Morgan fingerprint density at radius 3 is 2.82 bits per heavy atom. The Balaban J connectivity index is 2.58. The largest absolute Gasteiger partial charge is 0.494 e. The molecule has 0 aliphatic heterocycles. The normalized spacial score (nSPS) is 10.0. The Hall–Kier alpha value is -1.99. The quantitative estimate of drug-likeness (QED) is 0.820. The first-order chi connectivity index (χ1) is 8.15. The van der Waals surface area contributed by atoms with Crippen molar-refractivity contribution in [2.75, 3.05) is 7.11 Å². The number of halogens is 1. The summed E-state index contributed by atoms with van der Waals surface area (Å²) in [5.41, 5.74) is 2.19. The molecule has 0 aliphatic rings. The van der Waals surface area contributed by atoms with E-state index in [2.05, 4.69) is 5.10 Å². The Labute approximate surface area is 104 Å². The van der Waals surface area contributed by atoms with Gasteiger partial charge in [-0.1, -0.05) is 11.6 Å². The smallest absolute Gasteiger partial charge is 0.146 e. The topological polar surface area (TPSA) is 50.8 Å². The van der Waals surface area contributed by atoms with Crippen LogP contribution in [0.3, 0.4) is 0 Å². The first-order valence-electron chi connectivity index (χ1n) is 4.95. The van der Waals surface area contributed by atoms with Gasteiger partial charge in [0.25, 0.3) is 0 Å². The lowest BCUT2D eigenvalue weighted by molar-refractivity contribution is 0.411. The molecule has 0 saturated carbocycles. The Bertz CT molecular complexity index is 598. The number of nitriles is 1. The minimum absolute atomic E-state index is 0.500. The monoisotopic (exact) mass is 247 g/mol. The van der Waals surface area contributed by atoms with Gasteiger partial charge in [0.15, 0.2) is 0 Å². The molecule has 86 valence electrons. The Kier molecular flexibility index (Phi) is 3.03. The van der Waals surface area contributed by atoms with E-state index in [0.29, 0.717) is 16.3 Å². The van der Waals surface area contributed by atoms with Gasteiger partial charge in [0, 0.05) is 17.3 Å². The number of methoxy groups -OCH3 is 1. The molecule has 0 saturated heterocycles. The lowest BCUT2D eigenvalue weighted by Gasteiger charge is -2.10. The van der Waals surface area contributed by atoms with Crippen LogP contribution >= 0.6 is 11.6 Å². The van der Waals surface area contributed by atoms with Crippen LogP contribution < -0.4 is 4.74 Å². The summed E-state index contributed by atoms with van der Waals surface area (Å²) >= 11 is 6.02. The van der Waals surface area contributed by atoms with Crippen molar-refractivity contribution in [3.8, 4) is 17.5 Å². The maximum atomic E-state index is 8.77. The van der Waals surface area contributed by atoms with Crippen LogP contribution in [0.2, 0.25) is 5.02 Å². The SMILES string of the molecule is COc1cc(Cl)c(C)cc1-n1cc(C#N)cn1. The molecule has 17 heavy (non-hydrogen) atoms. The summed E-state index contributed by atoms with van der Waals surface area (Å²) < 4.78 is 6.85. The Morgan fingerprint density at radius 1 is 1.47 bits per heavy atom. The predicted octanol–water partition coefficient (Wildman–Crippen LogP) is 2.71. The van der Waals surface area contributed by atoms with Gasteiger partial charge in [0.05, 0.1) is 18.9 Å². The van der Waals surface area contributed by atoms with E-state index in [1.807, 2.05) is 19.1 Å². The van der Waals surface area contributed by atoms with E-state index < -0.39 is 0 Å². The minimum atomic E-state index is 0.500. The summed E-state index contributed by atoms with van der Waals surface area (Å²) in [6.45, 7) is 1.90. The first-order valence-corrected chi connectivity index (χ1v) is 5.32. The van der Waals surface area contributed by atoms with Crippen LogP contribution in [-0.2, 0) is 0 Å². The van der Waals surface area contributed by atoms with Crippen molar-refractivity contribution in [1.82, 2.24) is 9.78 Å². The fourth-order valence-corrected chi connectivity index (χ4v) is 1.66. The molecule has 0 spiro atoms. The van der Waals surface area contributed by atoms with Crippen molar-refractivity contribution in [3.05, 3.63) is 40.7 Å². The summed E-state index contributed by atoms with van der Waals surface area (Å²) in [5, 5.41) is 13.5. The van der Waals surface area contributed by atoms with Crippen LogP contribution in [0.15, 0.2) is 24.5 Å². The number of nitrogens with zero attached hydrogens (tertiary/aromatic N) is 3. The molecule has 2 aromatic rings. The van der Waals surface area contributed by atoms with Crippen LogP contribution in [0.4, 0.5) is 0 Å². The van der Waals surface area contributed by atoms with Crippen molar-refractivity contribution >= 4 is 11.6 Å². The molecule has 4 nitrogen and oxygen atoms in total. The zero-order chi connectivity index (χ0) is 12.4. The van der Waals surface area contributed by atoms with Crippen LogP contribution in [0.1, 0.15) is 11.1 Å². The lowest BCUT2D eigenvalue weighted by Crippen LogP contribution is -1.99. The second kappa shape index (κ2) is 4.48. The number of ether oxygens (including phenoxy) is 1. The summed E-state index contributed by atoms with van der Waals surface area (Å²) in [6, 6.07) is 5.64. The van der Waals surface area contributed by atoms with Gasteiger partial charge in [0.2, 0.25) is 0 Å². The van der Waals surface area contributed by atoms with E-state index in [-0.39, 0.29) is 0 Å². The molecule has 0 aliphatic carbocycles. The zero-order valence-electron chi connectivity index (χ0n) is 9.44. The van der Waals surface area contributed by atoms with E-state index in [1.54, 1.807) is 24.1 Å². The average Bonchev–Trinajstić information content (AvgIpc) is 2.80. The molecular weight excluding hydrogens is 238 g/mol. The number of rotatable bonds is 2. The van der Waals surface area contributed by atoms with Gasteiger partial charge >= 0.3 is 0 Å². The van der Waals surface area contributed by atoms with Gasteiger partial charge in [-0.25, -0.2) is 4.68 Å². The van der Waals surface area contributed by atoms with Crippen LogP contribution in [-0.4, -0.2) is 16.9 Å². The highest BCUT2D eigenvalue weighted by Gasteiger charge is 2.10. The summed E-state index contributed by atoms with van der Waals surface area (Å²) in [7, 11) is 1.57. The molecule has 2 rings (SSSR count). The van der Waals surface area contributed by atoms with Gasteiger partial charge in [-0.05, 0) is 18.6 Å². The fraction of sp³-hybridized carbons (Fsp3) is 0.167. The minimum Gasteiger partial charge on any atom is -0.494 e. The number of benzene rings is 1. The van der Waals surface area contributed by atoms with Gasteiger partial charge in [-0.15, -0.1) is 0 Å². The summed E-state index contributed by atoms with van der Waals surface area (Å²) in [5.74, 6) is 0.619. The van der Waals surface area contributed by atoms with E-state index in [0.717, 1.165) is 11.3 Å². The van der Waals surface area contributed by atoms with Gasteiger partial charge in [-0.3, -0.25) is 0 Å². The molecule has 1 aromatic carbocycles. The van der Waals surface area contributed by atoms with Crippen LogP contribution in [0.25, 0.3) is 5.69 Å². The van der Waals surface area contributed by atoms with Crippen molar-refractivity contribution in [2.24, 2.45) is 0 Å². The molecule has 5 heteroatoms. The number of hydrogen-bond acceptors (Lipinski definition) is 3. The standard InChI is InChI=1S/C12H10ClN3O/c1-8-3-11(12(17-2)4-10(8)13)16-7-9(5-14)6-15-16/h3-4,6-7H,1-2H3. The third-order valence-corrected chi connectivity index (χ3v) is 2.83. The molecule has 0 N–H and O–H groups in total. The molecule has 0 amide bonds. The van der Waals surface area contributed by atoms with E-state index >= 15 is 0 Å². The van der Waals surface area contributed by atoms with Gasteiger partial charge in [0.1, 0.15) is 17.5 Å². The molecule has 0 radical (unpaired) electrons. The first kappa shape index (κ1) is 11.5. The number of aryl methyl sites for hydroxylation is 1. The summed E-state index contributed by atoms with van der Waals surface area (Å²) in [4.78, 5) is 0. The van der Waals surface area contributed by atoms with Crippen LogP contribution in [0.5, 0.6) is 5.75 Å². The van der Waals surface area contributed by atoms with Crippen molar-refractivity contribution in [1.29, 1.82) is 5.26 Å². The van der Waals surface area contributed by atoms with Crippen molar-refractivity contribution < 1.29 is 4.74 Å². The van der Waals surface area contributed by atoms with Gasteiger partial charge < -0.3 is 4.74 Å². The second-order valence-corrected chi connectivity index (χ2v) is 3.97. The van der Waals surface area contributed by atoms with E-state index in [4.69, 9.17) is 21.6 Å². The number of aromatic nitrogens is 2. The molecule has 0 bridgehead atoms. The molecule has 0 fully saturated rings. The number of hydrogen-bond donors (Lipinski definition) is 0. The predicted molar refractivity (Wildman–Crippen MR) is 64.6 cm³/mol. The highest BCUT2D eigenvalue weighted by atomic mass is 35.5. The molecule has 0 unspecified atom stereocenters. The Morgan fingerprint density at radius 2 is 2.24 bits per heavy atom. The highest BCUT2D eigenvalue weighted by Crippen LogP contribution is 2.29. The fourth-order valence-electron chi connectivity index (χ4n) is 1.50. The van der Waals surface area contributed by atoms with Crippen molar-refractivity contribution in [3.63, 3.8) is 0 Å². The average molecular weight is 248 g/mol. The summed E-state index contributed by atoms with van der Waals surface area (Å²) in [6.07, 6.45) is 3.15. The molecule has 0 atom stereocenters. The maximum absolute atomic E-state index is 8.77. The van der Waals surface area contributed by atoms with Crippen molar-refractivity contribution in [2.45, 2.75) is 6.92 Å². The second-order valence-electron chi connectivity index (χ2n) is 3.56. The van der Waals surface area contributed by atoms with E-state index in [9.17, 15) is 0 Å². The lowest BCUT2D eigenvalue weighted by atomic mass is 10.2. The maximum Gasteiger partial charge on any atom is 0.146 e. The highest BCUT2D eigenvalue weighted by molar-refractivity contribution is 6.31.